The minimum Gasteiger partial charge on any atom is -0.321 e. The molecule has 0 unspecified atom stereocenters. The number of aryl methyl sites for hydroxylation is 1. The highest BCUT2D eigenvalue weighted by Gasteiger charge is 2.34. The first-order valence-corrected chi connectivity index (χ1v) is 8.89. The molecule has 7 heteroatoms. The number of hydrogen-bond donors (Lipinski definition) is 0. The lowest BCUT2D eigenvalue weighted by molar-refractivity contribution is -0.137. The molecule has 0 N–H and O–H groups in total. The molecule has 2 aromatic rings. The van der Waals surface area contributed by atoms with Gasteiger partial charge in [-0.1, -0.05) is 6.07 Å². The van der Waals surface area contributed by atoms with Crippen LogP contribution in [0.1, 0.15) is 31.0 Å². The van der Waals surface area contributed by atoms with Crippen molar-refractivity contribution in [2.75, 3.05) is 12.3 Å². The SMILES string of the molecule is Cc1ccc([C@H]2SCCN2C(=O)c2cccc(C(F)(F)F)c2)s1. The van der Waals surface area contributed by atoms with Crippen LogP contribution in [-0.4, -0.2) is 23.1 Å². The van der Waals surface area contributed by atoms with Crippen LogP contribution in [0.25, 0.3) is 0 Å². The summed E-state index contributed by atoms with van der Waals surface area (Å²) in [7, 11) is 0. The van der Waals surface area contributed by atoms with Crippen LogP contribution < -0.4 is 0 Å². The fraction of sp³-hybridized carbons (Fsp3) is 0.312. The van der Waals surface area contributed by atoms with Gasteiger partial charge in [-0.3, -0.25) is 4.79 Å². The topological polar surface area (TPSA) is 20.3 Å². The maximum absolute atomic E-state index is 12.8. The molecule has 2 nitrogen and oxygen atoms in total. The van der Waals surface area contributed by atoms with Gasteiger partial charge >= 0.3 is 6.18 Å². The first kappa shape index (κ1) is 16.4. The molecule has 3 rings (SSSR count). The number of thioether (sulfide) groups is 1. The number of hydrogen-bond acceptors (Lipinski definition) is 3. The summed E-state index contributed by atoms with van der Waals surface area (Å²) in [6.07, 6.45) is -4.44. The summed E-state index contributed by atoms with van der Waals surface area (Å²) in [5.41, 5.74) is -0.709. The van der Waals surface area contributed by atoms with Crippen LogP contribution in [0.5, 0.6) is 0 Å². The van der Waals surface area contributed by atoms with Crippen molar-refractivity contribution in [3.8, 4) is 0 Å². The molecular weight excluding hydrogens is 343 g/mol. The highest BCUT2D eigenvalue weighted by atomic mass is 32.2. The standard InChI is InChI=1S/C16H14F3NOS2/c1-10-5-6-13(23-10)15-20(7-8-22-15)14(21)11-3-2-4-12(9-11)16(17,18)19/h2-6,9,15H,7-8H2,1H3/t15-/m1/s1. The number of alkyl halides is 3. The van der Waals surface area contributed by atoms with Gasteiger partial charge in [-0.15, -0.1) is 23.1 Å². The van der Waals surface area contributed by atoms with Crippen LogP contribution in [0.15, 0.2) is 36.4 Å². The monoisotopic (exact) mass is 357 g/mol. The first-order valence-electron chi connectivity index (χ1n) is 7.02. The summed E-state index contributed by atoms with van der Waals surface area (Å²) < 4.78 is 38.5. The number of rotatable bonds is 2. The van der Waals surface area contributed by atoms with E-state index in [1.54, 1.807) is 28.0 Å². The van der Waals surface area contributed by atoms with Gasteiger partial charge < -0.3 is 4.90 Å². The molecule has 0 aliphatic carbocycles. The maximum atomic E-state index is 12.8. The summed E-state index contributed by atoms with van der Waals surface area (Å²) >= 11 is 3.26. The minimum atomic E-state index is -4.44. The van der Waals surface area contributed by atoms with Gasteiger partial charge in [0.15, 0.2) is 0 Å². The van der Waals surface area contributed by atoms with Gasteiger partial charge in [0.05, 0.1) is 5.56 Å². The quantitative estimate of drug-likeness (QED) is 0.757. The van der Waals surface area contributed by atoms with Gasteiger partial charge in [0.25, 0.3) is 5.91 Å². The van der Waals surface area contributed by atoms with E-state index in [1.165, 1.54) is 12.1 Å². The highest BCUT2D eigenvalue weighted by Crippen LogP contribution is 2.41. The number of halogens is 3. The zero-order chi connectivity index (χ0) is 16.6. The molecule has 2 heterocycles. The average molecular weight is 357 g/mol. The van der Waals surface area contributed by atoms with Gasteiger partial charge in [0, 0.05) is 27.6 Å². The first-order chi connectivity index (χ1) is 10.9. The Morgan fingerprint density at radius 1 is 1.26 bits per heavy atom. The molecule has 1 atom stereocenters. The van der Waals surface area contributed by atoms with Crippen molar-refractivity contribution in [3.05, 3.63) is 57.3 Å². The van der Waals surface area contributed by atoms with Crippen LogP contribution in [-0.2, 0) is 6.18 Å². The molecule has 1 aliphatic heterocycles. The van der Waals surface area contributed by atoms with Crippen molar-refractivity contribution in [1.29, 1.82) is 0 Å². The van der Waals surface area contributed by atoms with E-state index < -0.39 is 11.7 Å². The van der Waals surface area contributed by atoms with E-state index in [4.69, 9.17) is 0 Å². The Bertz CT molecular complexity index is 726. The van der Waals surface area contributed by atoms with E-state index in [9.17, 15) is 18.0 Å². The number of benzene rings is 1. The summed E-state index contributed by atoms with van der Waals surface area (Å²) in [4.78, 5) is 16.5. The van der Waals surface area contributed by atoms with Crippen LogP contribution in [0.4, 0.5) is 13.2 Å². The summed E-state index contributed by atoms with van der Waals surface area (Å²) in [6, 6.07) is 8.61. The third-order valence-corrected chi connectivity index (χ3v) is 6.04. The Labute approximate surface area is 140 Å². The zero-order valence-electron chi connectivity index (χ0n) is 12.3. The highest BCUT2D eigenvalue weighted by molar-refractivity contribution is 7.99. The number of carbonyl (C=O) groups is 1. The number of amides is 1. The Morgan fingerprint density at radius 3 is 2.70 bits per heavy atom. The Balaban J connectivity index is 1.87. The largest absolute Gasteiger partial charge is 0.416 e. The smallest absolute Gasteiger partial charge is 0.321 e. The van der Waals surface area contributed by atoms with Gasteiger partial charge in [-0.2, -0.15) is 13.2 Å². The van der Waals surface area contributed by atoms with Crippen LogP contribution in [0.2, 0.25) is 0 Å². The van der Waals surface area contributed by atoms with Gasteiger partial charge in [0.1, 0.15) is 5.37 Å². The molecule has 122 valence electrons. The van der Waals surface area contributed by atoms with Crippen molar-refractivity contribution in [3.63, 3.8) is 0 Å². The summed E-state index contributed by atoms with van der Waals surface area (Å²) in [5, 5.41) is -0.115. The van der Waals surface area contributed by atoms with Crippen molar-refractivity contribution >= 4 is 29.0 Å². The predicted molar refractivity (Wildman–Crippen MR) is 86.7 cm³/mol. The second kappa shape index (κ2) is 6.20. The summed E-state index contributed by atoms with van der Waals surface area (Å²) in [6.45, 7) is 2.54. The van der Waals surface area contributed by atoms with Gasteiger partial charge in [-0.25, -0.2) is 0 Å². The van der Waals surface area contributed by atoms with Crippen LogP contribution >= 0.6 is 23.1 Å². The van der Waals surface area contributed by atoms with E-state index in [-0.39, 0.29) is 16.8 Å². The van der Waals surface area contributed by atoms with Crippen LogP contribution in [0.3, 0.4) is 0 Å². The molecule has 0 spiro atoms. The molecule has 0 saturated carbocycles. The van der Waals surface area contributed by atoms with Crippen molar-refractivity contribution in [2.24, 2.45) is 0 Å². The number of nitrogens with zero attached hydrogens (tertiary/aromatic N) is 1. The van der Waals surface area contributed by atoms with E-state index >= 15 is 0 Å². The zero-order valence-corrected chi connectivity index (χ0v) is 13.9. The molecule has 1 saturated heterocycles. The fourth-order valence-corrected chi connectivity index (χ4v) is 4.86. The average Bonchev–Trinajstić information content (AvgIpc) is 3.14. The third-order valence-electron chi connectivity index (χ3n) is 3.59. The molecule has 1 aromatic heterocycles. The fourth-order valence-electron chi connectivity index (χ4n) is 2.49. The maximum Gasteiger partial charge on any atom is 0.416 e. The second-order valence-corrected chi connectivity index (χ2v) is 7.76. The number of carbonyl (C=O) groups excluding carboxylic acids is 1. The van der Waals surface area contributed by atoms with E-state index in [1.807, 2.05) is 19.1 Å². The Kier molecular flexibility index (Phi) is 4.42. The van der Waals surface area contributed by atoms with Crippen molar-refractivity contribution < 1.29 is 18.0 Å². The van der Waals surface area contributed by atoms with E-state index in [0.29, 0.717) is 6.54 Å². The van der Waals surface area contributed by atoms with Crippen molar-refractivity contribution in [2.45, 2.75) is 18.5 Å². The van der Waals surface area contributed by atoms with Crippen molar-refractivity contribution in [1.82, 2.24) is 4.90 Å². The minimum absolute atomic E-state index is 0.0839. The lowest BCUT2D eigenvalue weighted by atomic mass is 10.1. The number of thiophene rings is 1. The molecule has 1 aromatic carbocycles. The van der Waals surface area contributed by atoms with E-state index in [0.717, 1.165) is 27.6 Å². The lowest BCUT2D eigenvalue weighted by Crippen LogP contribution is -2.30. The molecule has 0 bridgehead atoms. The van der Waals surface area contributed by atoms with Crippen LogP contribution in [0, 0.1) is 6.92 Å². The van der Waals surface area contributed by atoms with E-state index in [2.05, 4.69) is 0 Å². The molecule has 1 amide bonds. The lowest BCUT2D eigenvalue weighted by Gasteiger charge is -2.23. The van der Waals surface area contributed by atoms with Gasteiger partial charge in [0.2, 0.25) is 0 Å². The third kappa shape index (κ3) is 3.40. The molecule has 1 aliphatic rings. The molecule has 1 fully saturated rings. The normalized spacial score (nSPS) is 18.4. The second-order valence-electron chi connectivity index (χ2n) is 5.25. The molecular formula is C16H14F3NOS2. The molecule has 0 radical (unpaired) electrons. The summed E-state index contributed by atoms with van der Waals surface area (Å²) in [5.74, 6) is 0.434. The predicted octanol–water partition coefficient (Wildman–Crippen LogP) is 4.96. The Morgan fingerprint density at radius 2 is 2.04 bits per heavy atom. The Hall–Kier alpha value is -1.47. The molecule has 23 heavy (non-hydrogen) atoms. The van der Waals surface area contributed by atoms with Gasteiger partial charge in [-0.05, 0) is 37.3 Å².